The summed E-state index contributed by atoms with van der Waals surface area (Å²) in [6.07, 6.45) is -2.72. The fourth-order valence-corrected chi connectivity index (χ4v) is 4.83. The lowest BCUT2D eigenvalue weighted by Gasteiger charge is -2.22. The fraction of sp³-hybridized carbons (Fsp3) is 0.143. The van der Waals surface area contributed by atoms with Gasteiger partial charge in [0.2, 0.25) is 5.91 Å². The first-order chi connectivity index (χ1) is 18.3. The maximum absolute atomic E-state index is 14.0. The number of rotatable bonds is 4. The molecule has 0 radical (unpaired) electrons. The number of primary amides is 1. The molecule has 0 atom stereocenters. The van der Waals surface area contributed by atoms with Gasteiger partial charge in [-0.3, -0.25) is 19.5 Å². The van der Waals surface area contributed by atoms with Gasteiger partial charge in [-0.15, -0.1) is 0 Å². The standard InChI is InChI=1S/C28H19F5N4O2/c1-27(2)22-18(4-3-5-21(22)37(26(27)39)17-10-16(30)12-35-13-17)19-11-20(25(34)38)24(28(31,32)33)36-23(19)14-6-8-15(29)9-7-14/h3-13H,1-2H3,(H2,34,38). The van der Waals surface area contributed by atoms with E-state index in [1.54, 1.807) is 32.0 Å². The van der Waals surface area contributed by atoms with Crippen molar-refractivity contribution in [3.05, 3.63) is 95.4 Å². The van der Waals surface area contributed by atoms with Crippen LogP contribution in [0, 0.1) is 11.6 Å². The second-order valence-corrected chi connectivity index (χ2v) is 9.48. The van der Waals surface area contributed by atoms with Crippen molar-refractivity contribution in [3.8, 4) is 22.4 Å². The van der Waals surface area contributed by atoms with Crippen LogP contribution in [0.4, 0.5) is 33.3 Å². The third kappa shape index (κ3) is 4.29. The molecule has 2 aromatic carbocycles. The van der Waals surface area contributed by atoms with E-state index in [0.29, 0.717) is 16.8 Å². The van der Waals surface area contributed by atoms with Gasteiger partial charge in [-0.2, -0.15) is 13.2 Å². The summed E-state index contributed by atoms with van der Waals surface area (Å²) in [6.45, 7) is 3.24. The summed E-state index contributed by atoms with van der Waals surface area (Å²) in [4.78, 5) is 34.7. The van der Waals surface area contributed by atoms with Crippen LogP contribution < -0.4 is 10.6 Å². The molecule has 0 unspecified atom stereocenters. The van der Waals surface area contributed by atoms with Crippen LogP contribution in [0.3, 0.4) is 0 Å². The van der Waals surface area contributed by atoms with Gasteiger partial charge >= 0.3 is 6.18 Å². The summed E-state index contributed by atoms with van der Waals surface area (Å²) >= 11 is 0. The van der Waals surface area contributed by atoms with Crippen molar-refractivity contribution in [2.24, 2.45) is 5.73 Å². The molecule has 0 fully saturated rings. The van der Waals surface area contributed by atoms with Gasteiger partial charge in [0.05, 0.1) is 40.4 Å². The molecule has 0 spiro atoms. The van der Waals surface area contributed by atoms with E-state index in [1.807, 2.05) is 0 Å². The van der Waals surface area contributed by atoms with E-state index < -0.39 is 46.3 Å². The average molecular weight is 538 g/mol. The van der Waals surface area contributed by atoms with E-state index in [4.69, 9.17) is 5.73 Å². The van der Waals surface area contributed by atoms with Crippen LogP contribution in [0.2, 0.25) is 0 Å². The molecule has 2 N–H and O–H groups in total. The first-order valence-corrected chi connectivity index (χ1v) is 11.6. The number of alkyl halides is 3. The van der Waals surface area contributed by atoms with E-state index >= 15 is 0 Å². The third-order valence-electron chi connectivity index (χ3n) is 6.56. The molecule has 11 heteroatoms. The zero-order valence-electron chi connectivity index (χ0n) is 20.5. The molecule has 4 aromatic rings. The summed E-state index contributed by atoms with van der Waals surface area (Å²) in [5.41, 5.74) is 2.94. The van der Waals surface area contributed by atoms with Crippen LogP contribution in [0.25, 0.3) is 22.4 Å². The molecule has 2 amide bonds. The van der Waals surface area contributed by atoms with Crippen molar-refractivity contribution in [1.29, 1.82) is 0 Å². The summed E-state index contributed by atoms with van der Waals surface area (Å²) in [6, 6.07) is 11.5. The molecule has 0 bridgehead atoms. The number of anilines is 2. The van der Waals surface area contributed by atoms with Crippen molar-refractivity contribution in [2.45, 2.75) is 25.4 Å². The molecular formula is C28H19F5N4O2. The molecule has 198 valence electrons. The molecule has 39 heavy (non-hydrogen) atoms. The van der Waals surface area contributed by atoms with Crippen LogP contribution in [0.1, 0.15) is 35.5 Å². The maximum atomic E-state index is 14.0. The lowest BCUT2D eigenvalue weighted by atomic mass is 9.80. The zero-order chi connectivity index (χ0) is 28.3. The number of aromatic nitrogens is 2. The minimum Gasteiger partial charge on any atom is -0.366 e. The summed E-state index contributed by atoms with van der Waals surface area (Å²) in [5.74, 6) is -3.07. The Morgan fingerprint density at radius 3 is 2.26 bits per heavy atom. The number of hydrogen-bond acceptors (Lipinski definition) is 4. The summed E-state index contributed by atoms with van der Waals surface area (Å²) in [7, 11) is 0. The number of nitrogens with zero attached hydrogens (tertiary/aromatic N) is 3. The highest BCUT2D eigenvalue weighted by Gasteiger charge is 2.47. The van der Waals surface area contributed by atoms with Crippen molar-refractivity contribution in [2.75, 3.05) is 4.90 Å². The Morgan fingerprint density at radius 2 is 1.64 bits per heavy atom. The predicted molar refractivity (Wildman–Crippen MR) is 133 cm³/mol. The normalized spacial score (nSPS) is 14.4. The highest BCUT2D eigenvalue weighted by atomic mass is 19.4. The lowest BCUT2D eigenvalue weighted by molar-refractivity contribution is -0.141. The maximum Gasteiger partial charge on any atom is 0.434 e. The number of nitrogens with two attached hydrogens (primary N) is 1. The first-order valence-electron chi connectivity index (χ1n) is 11.6. The Bertz CT molecular complexity index is 1650. The van der Waals surface area contributed by atoms with Crippen LogP contribution >= 0.6 is 0 Å². The quantitative estimate of drug-likeness (QED) is 0.315. The highest BCUT2D eigenvalue weighted by molar-refractivity contribution is 6.14. The lowest BCUT2D eigenvalue weighted by Crippen LogP contribution is -2.33. The molecule has 1 aliphatic rings. The van der Waals surface area contributed by atoms with Crippen LogP contribution in [-0.2, 0) is 16.4 Å². The SMILES string of the molecule is CC1(C)C(=O)N(c2cncc(F)c2)c2cccc(-c3cc(C(N)=O)c(C(F)(F)F)nc3-c3ccc(F)cc3)c21. The number of pyridine rings is 2. The van der Waals surface area contributed by atoms with E-state index in [1.165, 1.54) is 23.2 Å². The van der Waals surface area contributed by atoms with Gasteiger partial charge in [0.15, 0.2) is 5.69 Å². The first kappa shape index (κ1) is 26.0. The van der Waals surface area contributed by atoms with Crippen molar-refractivity contribution < 1.29 is 31.5 Å². The van der Waals surface area contributed by atoms with Gasteiger partial charge < -0.3 is 5.73 Å². The Balaban J connectivity index is 1.85. The monoisotopic (exact) mass is 538 g/mol. The van der Waals surface area contributed by atoms with Crippen LogP contribution in [0.5, 0.6) is 0 Å². The Kier molecular flexibility index (Phi) is 5.97. The minimum atomic E-state index is -5.02. The molecule has 1 aliphatic heterocycles. The Hall–Kier alpha value is -4.67. The molecular weight excluding hydrogens is 519 g/mol. The summed E-state index contributed by atoms with van der Waals surface area (Å²) in [5, 5.41) is 0. The predicted octanol–water partition coefficient (Wildman–Crippen LogP) is 6.16. The Labute approximate surface area is 218 Å². The van der Waals surface area contributed by atoms with Crippen LogP contribution in [0.15, 0.2) is 67.0 Å². The number of carbonyl (C=O) groups excluding carboxylic acids is 2. The smallest absolute Gasteiger partial charge is 0.366 e. The second kappa shape index (κ2) is 8.97. The molecule has 0 aliphatic carbocycles. The van der Waals surface area contributed by atoms with Gasteiger partial charge in [0.25, 0.3) is 5.91 Å². The van der Waals surface area contributed by atoms with Crippen LogP contribution in [-0.4, -0.2) is 21.8 Å². The number of hydrogen-bond donors (Lipinski definition) is 1. The Morgan fingerprint density at radius 1 is 0.949 bits per heavy atom. The molecule has 2 aromatic heterocycles. The summed E-state index contributed by atoms with van der Waals surface area (Å²) < 4.78 is 69.5. The molecule has 3 heterocycles. The molecule has 6 nitrogen and oxygen atoms in total. The third-order valence-corrected chi connectivity index (χ3v) is 6.56. The topological polar surface area (TPSA) is 89.2 Å². The van der Waals surface area contributed by atoms with Gasteiger partial charge in [-0.25, -0.2) is 13.8 Å². The van der Waals surface area contributed by atoms with Crippen molar-refractivity contribution >= 4 is 23.2 Å². The fourth-order valence-electron chi connectivity index (χ4n) is 4.83. The number of fused-ring (bicyclic) bond motifs is 1. The van der Waals surface area contributed by atoms with E-state index in [-0.39, 0.29) is 22.5 Å². The molecule has 0 saturated heterocycles. The number of amides is 2. The van der Waals surface area contributed by atoms with E-state index in [9.17, 15) is 31.5 Å². The van der Waals surface area contributed by atoms with Crippen molar-refractivity contribution in [1.82, 2.24) is 9.97 Å². The van der Waals surface area contributed by atoms with Gasteiger partial charge in [-0.05, 0) is 61.4 Å². The second-order valence-electron chi connectivity index (χ2n) is 9.48. The number of carbonyl (C=O) groups is 2. The highest BCUT2D eigenvalue weighted by Crippen LogP contribution is 2.51. The van der Waals surface area contributed by atoms with E-state index in [2.05, 4.69) is 9.97 Å². The molecule has 5 rings (SSSR count). The van der Waals surface area contributed by atoms with E-state index in [0.717, 1.165) is 30.5 Å². The number of halogens is 5. The zero-order valence-corrected chi connectivity index (χ0v) is 20.5. The van der Waals surface area contributed by atoms with Gasteiger partial charge in [-0.1, -0.05) is 12.1 Å². The average Bonchev–Trinajstić information content (AvgIpc) is 3.08. The largest absolute Gasteiger partial charge is 0.434 e. The van der Waals surface area contributed by atoms with Gasteiger partial charge in [0.1, 0.15) is 11.6 Å². The van der Waals surface area contributed by atoms with Crippen molar-refractivity contribution in [3.63, 3.8) is 0 Å². The molecule has 0 saturated carbocycles. The van der Waals surface area contributed by atoms with Gasteiger partial charge in [0, 0.05) is 17.2 Å². The number of benzene rings is 2. The minimum absolute atomic E-state index is 0.0698.